The fraction of sp³-hybridized carbons (Fsp3) is 1.00. The standard InChI is InChI=1S/C7H13N/c1-7-3-2-5(7)6(8)4-7/h5-6H,2-4,8H2,1H3. The predicted molar refractivity (Wildman–Crippen MR) is 33.4 cm³/mol. The average Bonchev–Trinajstić information content (AvgIpc) is 1.64. The Hall–Kier alpha value is -0.0400. The topological polar surface area (TPSA) is 26.0 Å². The van der Waals surface area contributed by atoms with Gasteiger partial charge in [0.2, 0.25) is 0 Å². The second-order valence-corrected chi connectivity index (χ2v) is 3.67. The van der Waals surface area contributed by atoms with Crippen LogP contribution in [-0.4, -0.2) is 6.04 Å². The zero-order chi connectivity index (χ0) is 5.78. The van der Waals surface area contributed by atoms with Crippen molar-refractivity contribution in [1.82, 2.24) is 0 Å². The second kappa shape index (κ2) is 1.10. The van der Waals surface area contributed by atoms with Crippen molar-refractivity contribution in [3.05, 3.63) is 0 Å². The van der Waals surface area contributed by atoms with Crippen LogP contribution in [0.25, 0.3) is 0 Å². The Morgan fingerprint density at radius 2 is 2.38 bits per heavy atom. The van der Waals surface area contributed by atoms with Crippen LogP contribution in [0.15, 0.2) is 0 Å². The van der Waals surface area contributed by atoms with Gasteiger partial charge in [-0.25, -0.2) is 0 Å². The van der Waals surface area contributed by atoms with E-state index in [-0.39, 0.29) is 0 Å². The van der Waals surface area contributed by atoms with E-state index in [1.54, 1.807) is 0 Å². The third kappa shape index (κ3) is 0.334. The van der Waals surface area contributed by atoms with Crippen LogP contribution in [0.2, 0.25) is 0 Å². The molecular formula is C7H13N. The van der Waals surface area contributed by atoms with Gasteiger partial charge in [-0.1, -0.05) is 6.92 Å². The van der Waals surface area contributed by atoms with Crippen molar-refractivity contribution in [2.45, 2.75) is 32.2 Å². The fourth-order valence-corrected chi connectivity index (χ4v) is 2.31. The lowest BCUT2D eigenvalue weighted by atomic mass is 9.46. The molecule has 0 aromatic rings. The van der Waals surface area contributed by atoms with Gasteiger partial charge in [-0.3, -0.25) is 0 Å². The summed E-state index contributed by atoms with van der Waals surface area (Å²) in [4.78, 5) is 0. The summed E-state index contributed by atoms with van der Waals surface area (Å²) in [6.45, 7) is 2.37. The lowest BCUT2D eigenvalue weighted by Crippen LogP contribution is -2.60. The molecule has 46 valence electrons. The molecule has 1 heteroatoms. The third-order valence-electron chi connectivity index (χ3n) is 3.14. The Kier molecular flexibility index (Phi) is 0.663. The minimum Gasteiger partial charge on any atom is -0.327 e. The van der Waals surface area contributed by atoms with Gasteiger partial charge in [0.15, 0.2) is 0 Å². The van der Waals surface area contributed by atoms with Crippen molar-refractivity contribution in [2.75, 3.05) is 0 Å². The van der Waals surface area contributed by atoms with Crippen molar-refractivity contribution < 1.29 is 0 Å². The molecule has 0 spiro atoms. The van der Waals surface area contributed by atoms with Crippen molar-refractivity contribution in [3.63, 3.8) is 0 Å². The highest BCUT2D eigenvalue weighted by Gasteiger charge is 2.54. The van der Waals surface area contributed by atoms with Gasteiger partial charge in [0.05, 0.1) is 0 Å². The van der Waals surface area contributed by atoms with E-state index in [4.69, 9.17) is 5.73 Å². The van der Waals surface area contributed by atoms with Crippen LogP contribution in [0.5, 0.6) is 0 Å². The molecule has 0 bridgehead atoms. The summed E-state index contributed by atoms with van der Waals surface area (Å²) >= 11 is 0. The molecule has 1 nitrogen and oxygen atoms in total. The summed E-state index contributed by atoms with van der Waals surface area (Å²) in [5, 5.41) is 0. The van der Waals surface area contributed by atoms with Crippen molar-refractivity contribution >= 4 is 0 Å². The van der Waals surface area contributed by atoms with Gasteiger partial charge < -0.3 is 5.73 Å². The molecule has 0 heterocycles. The van der Waals surface area contributed by atoms with Crippen molar-refractivity contribution in [1.29, 1.82) is 0 Å². The van der Waals surface area contributed by atoms with E-state index >= 15 is 0 Å². The van der Waals surface area contributed by atoms with Crippen LogP contribution in [0.3, 0.4) is 0 Å². The van der Waals surface area contributed by atoms with Gasteiger partial charge in [-0.2, -0.15) is 0 Å². The summed E-state index contributed by atoms with van der Waals surface area (Å²) < 4.78 is 0. The first-order valence-corrected chi connectivity index (χ1v) is 3.48. The highest BCUT2D eigenvalue weighted by molar-refractivity contribution is 5.07. The van der Waals surface area contributed by atoms with Gasteiger partial charge in [-0.15, -0.1) is 0 Å². The maximum Gasteiger partial charge on any atom is 0.00776 e. The Labute approximate surface area is 50.3 Å². The quantitative estimate of drug-likeness (QED) is 0.498. The lowest BCUT2D eigenvalue weighted by molar-refractivity contribution is -0.0777. The van der Waals surface area contributed by atoms with Crippen LogP contribution in [-0.2, 0) is 0 Å². The maximum atomic E-state index is 5.75. The zero-order valence-corrected chi connectivity index (χ0v) is 5.35. The van der Waals surface area contributed by atoms with Crippen LogP contribution >= 0.6 is 0 Å². The molecule has 2 aliphatic carbocycles. The Balaban J connectivity index is 2.08. The monoisotopic (exact) mass is 111 g/mol. The first-order valence-electron chi connectivity index (χ1n) is 3.48. The highest BCUT2D eigenvalue weighted by atomic mass is 14.8. The Morgan fingerprint density at radius 3 is 2.38 bits per heavy atom. The minimum atomic E-state index is 0.564. The van der Waals surface area contributed by atoms with E-state index in [1.807, 2.05) is 0 Å². The molecule has 2 aliphatic rings. The summed E-state index contributed by atoms with van der Waals surface area (Å²) in [7, 11) is 0. The summed E-state index contributed by atoms with van der Waals surface area (Å²) in [5.74, 6) is 0.905. The van der Waals surface area contributed by atoms with Crippen molar-refractivity contribution in [3.8, 4) is 0 Å². The smallest absolute Gasteiger partial charge is 0.00776 e. The van der Waals surface area contributed by atoms with E-state index in [0.717, 1.165) is 5.92 Å². The predicted octanol–water partition coefficient (Wildman–Crippen LogP) is 1.13. The maximum absolute atomic E-state index is 5.75. The molecule has 0 aromatic carbocycles. The molecule has 0 saturated heterocycles. The SMILES string of the molecule is CC12CCC1C(N)C2. The fourth-order valence-electron chi connectivity index (χ4n) is 2.31. The van der Waals surface area contributed by atoms with E-state index in [9.17, 15) is 0 Å². The Morgan fingerprint density at radius 1 is 1.62 bits per heavy atom. The van der Waals surface area contributed by atoms with Crippen molar-refractivity contribution in [2.24, 2.45) is 17.1 Å². The van der Waals surface area contributed by atoms with Crippen LogP contribution < -0.4 is 5.73 Å². The van der Waals surface area contributed by atoms with E-state index in [2.05, 4.69) is 6.92 Å². The summed E-state index contributed by atoms with van der Waals surface area (Å²) in [6, 6.07) is 0.564. The van der Waals surface area contributed by atoms with E-state index in [0.29, 0.717) is 11.5 Å². The average molecular weight is 111 g/mol. The molecule has 0 radical (unpaired) electrons. The molecule has 8 heavy (non-hydrogen) atoms. The zero-order valence-electron chi connectivity index (χ0n) is 5.35. The first-order chi connectivity index (χ1) is 3.72. The number of hydrogen-bond acceptors (Lipinski definition) is 1. The first kappa shape index (κ1) is 4.80. The molecule has 2 N–H and O–H groups in total. The highest BCUT2D eigenvalue weighted by Crippen LogP contribution is 2.59. The molecule has 3 atom stereocenters. The second-order valence-electron chi connectivity index (χ2n) is 3.67. The molecular weight excluding hydrogens is 98.1 g/mol. The van der Waals surface area contributed by atoms with Crippen LogP contribution in [0, 0.1) is 11.3 Å². The van der Waals surface area contributed by atoms with E-state index < -0.39 is 0 Å². The molecule has 0 aromatic heterocycles. The Bertz CT molecular complexity index is 122. The number of rotatable bonds is 0. The molecule has 2 saturated carbocycles. The van der Waals surface area contributed by atoms with Gasteiger partial charge in [-0.05, 0) is 30.6 Å². The van der Waals surface area contributed by atoms with Gasteiger partial charge in [0, 0.05) is 6.04 Å². The number of hydrogen-bond donors (Lipinski definition) is 1. The van der Waals surface area contributed by atoms with Gasteiger partial charge in [0.25, 0.3) is 0 Å². The van der Waals surface area contributed by atoms with Crippen LogP contribution in [0.4, 0.5) is 0 Å². The number of fused-ring (bicyclic) bond motifs is 1. The van der Waals surface area contributed by atoms with Gasteiger partial charge >= 0.3 is 0 Å². The van der Waals surface area contributed by atoms with Gasteiger partial charge in [0.1, 0.15) is 0 Å². The van der Waals surface area contributed by atoms with E-state index in [1.165, 1.54) is 19.3 Å². The molecule has 0 amide bonds. The van der Waals surface area contributed by atoms with Crippen LogP contribution in [0.1, 0.15) is 26.2 Å². The molecule has 0 aliphatic heterocycles. The summed E-state index contributed by atoms with van der Waals surface area (Å²) in [5.41, 5.74) is 6.46. The molecule has 2 fully saturated rings. The largest absolute Gasteiger partial charge is 0.327 e. The molecule has 2 rings (SSSR count). The molecule has 3 unspecified atom stereocenters. The minimum absolute atomic E-state index is 0.564. The number of nitrogens with two attached hydrogens (primary N) is 1. The lowest BCUT2D eigenvalue weighted by Gasteiger charge is -2.60. The third-order valence-corrected chi connectivity index (χ3v) is 3.14. The summed E-state index contributed by atoms with van der Waals surface area (Å²) in [6.07, 6.45) is 4.13. The normalized spacial score (nSPS) is 60.8.